The van der Waals surface area contributed by atoms with Gasteiger partial charge in [0.25, 0.3) is 0 Å². The minimum atomic E-state index is 0.120. The van der Waals surface area contributed by atoms with Crippen LogP contribution >= 0.6 is 0 Å². The molecule has 0 radical (unpaired) electrons. The molecule has 0 saturated carbocycles. The quantitative estimate of drug-likeness (QED) is 0.567. The Morgan fingerprint density at radius 3 is 2.58 bits per heavy atom. The summed E-state index contributed by atoms with van der Waals surface area (Å²) in [7, 11) is 0. The maximum atomic E-state index is 3.39. The molecule has 0 bridgehead atoms. The Morgan fingerprint density at radius 1 is 1.08 bits per heavy atom. The van der Waals surface area contributed by atoms with E-state index in [1.54, 1.807) is 0 Å². The van der Waals surface area contributed by atoms with Crippen molar-refractivity contribution in [2.45, 2.75) is 0 Å². The van der Waals surface area contributed by atoms with Crippen LogP contribution in [-0.4, -0.2) is 0 Å². The van der Waals surface area contributed by atoms with Crippen molar-refractivity contribution in [3.05, 3.63) is 50.3 Å². The van der Waals surface area contributed by atoms with E-state index in [0.29, 0.717) is 0 Å². The first-order chi connectivity index (χ1) is 5.95. The fourth-order valence-corrected chi connectivity index (χ4v) is 2.67. The Kier molecular flexibility index (Phi) is 2.46. The van der Waals surface area contributed by atoms with E-state index >= 15 is 0 Å². The van der Waals surface area contributed by atoms with Crippen LogP contribution in [0.4, 0.5) is 5.69 Å². The van der Waals surface area contributed by atoms with Crippen LogP contribution in [0.2, 0.25) is 0 Å². The Bertz CT molecular complexity index is 314. The summed E-state index contributed by atoms with van der Waals surface area (Å²) < 4.78 is 3.63. The molecule has 1 nitrogen and oxygen atoms in total. The van der Waals surface area contributed by atoms with E-state index in [1.807, 2.05) is 18.2 Å². The van der Waals surface area contributed by atoms with E-state index in [1.165, 1.54) is 9.39 Å². The first kappa shape index (κ1) is 7.86. The molecule has 2 rings (SSSR count). The van der Waals surface area contributed by atoms with Gasteiger partial charge in [-0.2, -0.15) is 0 Å². The number of hydrogen-bond acceptors (Lipinski definition) is 1. The molecule has 1 aromatic rings. The fraction of sp³-hybridized carbons (Fsp3) is 0. The summed E-state index contributed by atoms with van der Waals surface area (Å²) in [5, 5.41) is 3.39. The Morgan fingerprint density at radius 2 is 1.92 bits per heavy atom. The zero-order valence-electron chi connectivity index (χ0n) is 6.50. The average Bonchev–Trinajstić information content (AvgIpc) is 2.59. The molecule has 1 N–H and O–H groups in total. The number of hydrogen-bond donors (Lipinski definition) is 1. The first-order valence-electron chi connectivity index (χ1n) is 3.77. The summed E-state index contributed by atoms with van der Waals surface area (Å²) in [5.41, 5.74) is 1.19. The van der Waals surface area contributed by atoms with Gasteiger partial charge in [0, 0.05) is 0 Å². The Balaban J connectivity index is 2.05. The number of para-hydroxylation sites is 1. The van der Waals surface area contributed by atoms with Crippen LogP contribution in [-0.2, 0) is 0 Å². The number of nitrogens with one attached hydrogen (secondary N) is 1. The van der Waals surface area contributed by atoms with Crippen LogP contribution in [0, 0.1) is 0 Å². The number of rotatable bonds is 2. The van der Waals surface area contributed by atoms with Crippen molar-refractivity contribution >= 4 is 5.69 Å². The van der Waals surface area contributed by atoms with Gasteiger partial charge < -0.3 is 0 Å². The SMILES string of the molecule is C1=C[I-]C(Nc2ccccc2)=C1. The van der Waals surface area contributed by atoms with Crippen molar-refractivity contribution in [2.24, 2.45) is 0 Å². The van der Waals surface area contributed by atoms with Gasteiger partial charge in [-0.15, -0.1) is 0 Å². The number of anilines is 1. The van der Waals surface area contributed by atoms with Gasteiger partial charge in [0.2, 0.25) is 0 Å². The molecule has 0 amide bonds. The minimum absolute atomic E-state index is 0.120. The van der Waals surface area contributed by atoms with Crippen LogP contribution in [0.3, 0.4) is 0 Å². The molecule has 1 heterocycles. The van der Waals surface area contributed by atoms with Gasteiger partial charge in [0.1, 0.15) is 0 Å². The predicted octanol–water partition coefficient (Wildman–Crippen LogP) is -0.444. The van der Waals surface area contributed by atoms with Gasteiger partial charge in [-0.25, -0.2) is 0 Å². The van der Waals surface area contributed by atoms with Crippen LogP contribution in [0.15, 0.2) is 50.3 Å². The van der Waals surface area contributed by atoms with Crippen molar-refractivity contribution in [1.29, 1.82) is 0 Å². The van der Waals surface area contributed by atoms with Gasteiger partial charge in [-0.3, -0.25) is 0 Å². The van der Waals surface area contributed by atoms with Crippen molar-refractivity contribution in [2.75, 3.05) is 5.32 Å². The molecule has 0 saturated heterocycles. The predicted molar refractivity (Wildman–Crippen MR) is 47.3 cm³/mol. The van der Waals surface area contributed by atoms with Crippen LogP contribution < -0.4 is 26.5 Å². The van der Waals surface area contributed by atoms with Crippen LogP contribution in [0.1, 0.15) is 0 Å². The van der Waals surface area contributed by atoms with Crippen molar-refractivity contribution < 1.29 is 21.2 Å². The molecular weight excluding hydrogens is 261 g/mol. The molecule has 0 fully saturated rings. The molecule has 0 spiro atoms. The molecule has 0 aromatic heterocycles. The molecule has 12 heavy (non-hydrogen) atoms. The molecule has 62 valence electrons. The molecule has 1 aliphatic heterocycles. The van der Waals surface area contributed by atoms with Gasteiger partial charge in [0.05, 0.1) is 0 Å². The van der Waals surface area contributed by atoms with Gasteiger partial charge in [-0.1, -0.05) is 0 Å². The normalized spacial score (nSPS) is 15.2. The number of halogens is 1. The molecule has 1 aromatic carbocycles. The second-order valence-electron chi connectivity index (χ2n) is 2.43. The molecule has 0 unspecified atom stereocenters. The van der Waals surface area contributed by atoms with Crippen molar-refractivity contribution in [1.82, 2.24) is 0 Å². The third kappa shape index (κ3) is 1.88. The first-order valence-corrected chi connectivity index (χ1v) is 6.10. The third-order valence-corrected chi connectivity index (χ3v) is 3.61. The maximum absolute atomic E-state index is 3.39. The summed E-state index contributed by atoms with van der Waals surface area (Å²) in [4.78, 5) is 0. The monoisotopic (exact) mass is 270 g/mol. The molecule has 2 heteroatoms. The second kappa shape index (κ2) is 3.76. The summed E-state index contributed by atoms with van der Waals surface area (Å²) in [6, 6.07) is 10.3. The number of benzene rings is 1. The topological polar surface area (TPSA) is 12.0 Å². The van der Waals surface area contributed by atoms with Crippen LogP contribution in [0.25, 0.3) is 0 Å². The molecule has 0 atom stereocenters. The average molecular weight is 270 g/mol. The Labute approximate surface area is 82.4 Å². The van der Waals surface area contributed by atoms with E-state index in [-0.39, 0.29) is 21.2 Å². The summed E-state index contributed by atoms with van der Waals surface area (Å²) in [6.07, 6.45) is 4.28. The third-order valence-electron chi connectivity index (χ3n) is 1.53. The summed E-state index contributed by atoms with van der Waals surface area (Å²) >= 11 is 0.120. The Hall–Kier alpha value is -0.770. The summed E-state index contributed by atoms with van der Waals surface area (Å²) in [5.74, 6) is 0. The standard InChI is InChI=1S/C10H9IN/c1-2-5-9(6-3-1)12-10-7-4-8-11-10/h1-8,12H/q-1. The second-order valence-corrected chi connectivity index (χ2v) is 4.94. The van der Waals surface area contributed by atoms with Crippen LogP contribution in [0.5, 0.6) is 0 Å². The molecule has 0 aliphatic carbocycles. The van der Waals surface area contributed by atoms with Gasteiger partial charge >= 0.3 is 82.5 Å². The van der Waals surface area contributed by atoms with Crippen molar-refractivity contribution in [3.8, 4) is 0 Å². The van der Waals surface area contributed by atoms with E-state index in [2.05, 4.69) is 33.7 Å². The molecular formula is C10H9IN-. The number of allylic oxidation sites excluding steroid dienone is 2. The van der Waals surface area contributed by atoms with E-state index in [0.717, 1.165) is 0 Å². The zero-order chi connectivity index (χ0) is 8.23. The van der Waals surface area contributed by atoms with E-state index in [9.17, 15) is 0 Å². The summed E-state index contributed by atoms with van der Waals surface area (Å²) in [6.45, 7) is 0. The van der Waals surface area contributed by atoms with E-state index < -0.39 is 0 Å². The molecule has 1 aliphatic rings. The fourth-order valence-electron chi connectivity index (χ4n) is 0.990. The van der Waals surface area contributed by atoms with Crippen molar-refractivity contribution in [3.63, 3.8) is 0 Å². The zero-order valence-corrected chi connectivity index (χ0v) is 8.65. The van der Waals surface area contributed by atoms with Gasteiger partial charge in [0.15, 0.2) is 0 Å². The van der Waals surface area contributed by atoms with E-state index in [4.69, 9.17) is 0 Å². The van der Waals surface area contributed by atoms with Gasteiger partial charge in [-0.05, 0) is 0 Å².